The Bertz CT molecular complexity index is 790. The van der Waals surface area contributed by atoms with Crippen molar-refractivity contribution in [2.75, 3.05) is 0 Å². The Morgan fingerprint density at radius 2 is 1.46 bits per heavy atom. The minimum atomic E-state index is 0. The molecule has 0 atom stereocenters. The second kappa shape index (κ2) is 14.5. The van der Waals surface area contributed by atoms with Gasteiger partial charge in [-0.2, -0.15) is 6.07 Å². The molecule has 0 N–H and O–H groups in total. The van der Waals surface area contributed by atoms with Gasteiger partial charge >= 0.3 is 26.2 Å². The largest absolute Gasteiger partial charge is 3.00 e. The first-order valence-electron chi connectivity index (χ1n) is 10.1. The predicted octanol–water partition coefficient (Wildman–Crippen LogP) is 1.70. The normalized spacial score (nSPS) is 10.1. The van der Waals surface area contributed by atoms with E-state index in [2.05, 4.69) is 68.4 Å². The molecule has 0 aliphatic carbocycles. The van der Waals surface area contributed by atoms with Crippen LogP contribution >= 0.6 is 0 Å². The van der Waals surface area contributed by atoms with Crippen molar-refractivity contribution in [3.63, 3.8) is 0 Å². The number of hydrogen-bond acceptors (Lipinski definition) is 0. The fourth-order valence-electron chi connectivity index (χ4n) is 3.68. The molecule has 0 aliphatic rings. The third-order valence-electron chi connectivity index (χ3n) is 5.21. The maximum atomic E-state index is 2.40. The summed E-state index contributed by atoms with van der Waals surface area (Å²) >= 11 is 0. The topological polar surface area (TPSA) is 0 Å². The Kier molecular flexibility index (Phi) is 14.2. The van der Waals surface area contributed by atoms with E-state index in [1.165, 1.54) is 84.4 Å². The summed E-state index contributed by atoms with van der Waals surface area (Å²) in [5, 5.41) is 2.79. The van der Waals surface area contributed by atoms with E-state index in [1.807, 2.05) is 0 Å². The average molecular weight is 494 g/mol. The van der Waals surface area contributed by atoms with Crippen molar-refractivity contribution in [3.05, 3.63) is 65.7 Å². The molecule has 0 nitrogen and oxygen atoms in total. The van der Waals surface area contributed by atoms with Gasteiger partial charge in [0.05, 0.1) is 0 Å². The smallest absolute Gasteiger partial charge is 1.00 e. The average Bonchev–Trinajstić information content (AvgIpc) is 3.07. The van der Waals surface area contributed by atoms with E-state index in [-0.39, 0.29) is 51.0 Å². The van der Waals surface area contributed by atoms with Gasteiger partial charge in [-0.15, -0.1) is 34.5 Å². The molecule has 0 saturated carbocycles. The van der Waals surface area contributed by atoms with Crippen LogP contribution in [0.4, 0.5) is 0 Å². The molecule has 0 aliphatic heterocycles. The van der Waals surface area contributed by atoms with Crippen molar-refractivity contribution in [1.82, 2.24) is 0 Å². The van der Waals surface area contributed by atoms with Crippen LogP contribution in [0.1, 0.15) is 63.5 Å². The van der Waals surface area contributed by atoms with Crippen molar-refractivity contribution < 1.29 is 51.0 Å². The SMILES string of the molecule is CCCCCCc1ccc(-c2cccc3[cH-]c(CCCC)cc23)cc1.[Cl-].[Cl-].[Zr+3]. The molecule has 0 heterocycles. The molecule has 0 bridgehead atoms. The van der Waals surface area contributed by atoms with Crippen LogP contribution in [0.25, 0.3) is 21.9 Å². The van der Waals surface area contributed by atoms with Crippen LogP contribution in [0.2, 0.25) is 0 Å². The van der Waals surface area contributed by atoms with Crippen molar-refractivity contribution in [3.8, 4) is 11.1 Å². The van der Waals surface area contributed by atoms with E-state index in [9.17, 15) is 0 Å². The van der Waals surface area contributed by atoms with E-state index in [4.69, 9.17) is 0 Å². The van der Waals surface area contributed by atoms with E-state index >= 15 is 0 Å². The quantitative estimate of drug-likeness (QED) is 0.315. The summed E-state index contributed by atoms with van der Waals surface area (Å²) in [6.45, 7) is 4.53. The molecule has 3 aromatic rings. The maximum absolute atomic E-state index is 2.40. The first-order valence-corrected chi connectivity index (χ1v) is 10.1. The molecule has 3 aromatic carbocycles. The number of aryl methyl sites for hydroxylation is 2. The first kappa shape index (κ1) is 27.5. The summed E-state index contributed by atoms with van der Waals surface area (Å²) in [6, 6.07) is 20.7. The Morgan fingerprint density at radius 3 is 2.14 bits per heavy atom. The fourth-order valence-corrected chi connectivity index (χ4v) is 3.68. The molecule has 3 heteroatoms. The third-order valence-corrected chi connectivity index (χ3v) is 5.21. The predicted molar refractivity (Wildman–Crippen MR) is 111 cm³/mol. The molecule has 0 saturated heterocycles. The van der Waals surface area contributed by atoms with Crippen LogP contribution in [-0.4, -0.2) is 0 Å². The van der Waals surface area contributed by atoms with Crippen LogP contribution in [-0.2, 0) is 39.0 Å². The summed E-state index contributed by atoms with van der Waals surface area (Å²) in [5.41, 5.74) is 5.67. The second-order valence-electron chi connectivity index (χ2n) is 7.28. The van der Waals surface area contributed by atoms with E-state index in [1.54, 1.807) is 0 Å². The van der Waals surface area contributed by atoms with Gasteiger partial charge in [0, 0.05) is 0 Å². The van der Waals surface area contributed by atoms with Crippen LogP contribution in [0.3, 0.4) is 0 Å². The minimum absolute atomic E-state index is 0. The van der Waals surface area contributed by atoms with E-state index < -0.39 is 0 Å². The van der Waals surface area contributed by atoms with Crippen molar-refractivity contribution in [2.45, 2.75) is 65.2 Å². The molecule has 3 rings (SSSR count). The zero-order valence-electron chi connectivity index (χ0n) is 17.1. The van der Waals surface area contributed by atoms with E-state index in [0.29, 0.717) is 0 Å². The third kappa shape index (κ3) is 7.40. The van der Waals surface area contributed by atoms with Gasteiger partial charge in [0.15, 0.2) is 0 Å². The molecule has 0 spiro atoms. The summed E-state index contributed by atoms with van der Waals surface area (Å²) in [4.78, 5) is 0. The molecule has 1 radical (unpaired) electrons. The summed E-state index contributed by atoms with van der Waals surface area (Å²) in [6.07, 6.45) is 10.3. The van der Waals surface area contributed by atoms with Gasteiger partial charge in [0.25, 0.3) is 0 Å². The van der Waals surface area contributed by atoms with E-state index in [0.717, 1.165) is 0 Å². The fraction of sp³-hybridized carbons (Fsp3) is 0.400. The molecule has 0 amide bonds. The zero-order chi connectivity index (χ0) is 17.5. The summed E-state index contributed by atoms with van der Waals surface area (Å²) in [7, 11) is 0. The minimum Gasteiger partial charge on any atom is -1.00 e. The van der Waals surface area contributed by atoms with Crippen molar-refractivity contribution >= 4 is 10.8 Å². The number of halogens is 2. The van der Waals surface area contributed by atoms with Crippen molar-refractivity contribution in [1.29, 1.82) is 0 Å². The second-order valence-corrected chi connectivity index (χ2v) is 7.28. The number of hydrogen-bond donors (Lipinski definition) is 0. The van der Waals surface area contributed by atoms with Crippen molar-refractivity contribution in [2.24, 2.45) is 0 Å². The van der Waals surface area contributed by atoms with Gasteiger partial charge in [-0.05, 0) is 30.4 Å². The van der Waals surface area contributed by atoms with Gasteiger partial charge in [-0.25, -0.2) is 0 Å². The Labute approximate surface area is 202 Å². The van der Waals surface area contributed by atoms with Gasteiger partial charge in [-0.3, -0.25) is 0 Å². The number of unbranched alkanes of at least 4 members (excludes halogenated alkanes) is 4. The summed E-state index contributed by atoms with van der Waals surface area (Å²) < 4.78 is 0. The maximum Gasteiger partial charge on any atom is 3.00 e. The van der Waals surface area contributed by atoms with Crippen LogP contribution in [0, 0.1) is 0 Å². The molecular weight excluding hydrogens is 462 g/mol. The molecule has 28 heavy (non-hydrogen) atoms. The molecule has 149 valence electrons. The molecule has 0 unspecified atom stereocenters. The van der Waals surface area contributed by atoms with Gasteiger partial charge < -0.3 is 24.8 Å². The van der Waals surface area contributed by atoms with Gasteiger partial charge in [0.1, 0.15) is 0 Å². The summed E-state index contributed by atoms with van der Waals surface area (Å²) in [5.74, 6) is 0. The van der Waals surface area contributed by atoms with Gasteiger partial charge in [-0.1, -0.05) is 81.8 Å². The Morgan fingerprint density at radius 1 is 0.750 bits per heavy atom. The zero-order valence-corrected chi connectivity index (χ0v) is 21.1. The Hall–Kier alpha value is -0.487. The number of rotatable bonds is 9. The van der Waals surface area contributed by atoms with Crippen LogP contribution < -0.4 is 24.8 Å². The molecule has 0 fully saturated rings. The first-order chi connectivity index (χ1) is 12.3. The number of benzene rings is 2. The standard InChI is InChI=1S/C25H31.2ClH.Zr/c1-3-5-7-8-11-20-14-16-22(17-15-20)24-13-9-12-23-18-21(10-6-4-2)19-25(23)24;;;/h9,12-19H,3-8,10-11H2,1-2H3;2*1H;/q-1;;;+3/p-2. The van der Waals surface area contributed by atoms with Crippen LogP contribution in [0.5, 0.6) is 0 Å². The monoisotopic (exact) mass is 491 g/mol. The molecular formula is C25H31Cl2Zr. The Balaban J connectivity index is 0.00000243. The molecule has 0 aromatic heterocycles. The van der Waals surface area contributed by atoms with Crippen LogP contribution in [0.15, 0.2) is 54.6 Å². The number of fused-ring (bicyclic) bond motifs is 1. The van der Waals surface area contributed by atoms with Gasteiger partial charge in [0.2, 0.25) is 0 Å².